The molecule has 0 aromatic heterocycles. The van der Waals surface area contributed by atoms with Gasteiger partial charge in [-0.05, 0) is 195 Å². The van der Waals surface area contributed by atoms with E-state index in [0.29, 0.717) is 34.0 Å². The molecule has 11 rings (SSSR count). The Morgan fingerprint density at radius 1 is 0.471 bits per heavy atom. The standard InChI is InChI=1S/C33H34N2O4.C27H23NO4.C6H13NO.C4H8O.CH4/c1-35-19-17-29(18-20-35)39-28-14-11-24(12-15-28)23-7-9-25(10-8-23)33(36)34-27-13-16-32(38-3)31(22-27)26-5-4-6-30(21-26)37-2;1-31-24-5-3-4-21(16-24)25-17-22(12-15-26(25)32-2)28-27(30)20-8-6-18(7-9-20)19-10-13-23(29)14-11-19;1-7-4-2-6(8)3-5-7;1-2-4-5-3-1;/h4-16,21-22,29H,17-20H2,1-3H3,(H,34,36);3-17,29H,1-2H3,(H,28,30);6,8H,2-5H2,1H3;1-4H2;1H4. The predicted molar refractivity (Wildman–Crippen MR) is 342 cm³/mol. The summed E-state index contributed by atoms with van der Waals surface area (Å²) in [5, 5.41) is 24.4. The van der Waals surface area contributed by atoms with E-state index in [1.165, 1.54) is 12.8 Å². The van der Waals surface area contributed by atoms with E-state index in [1.54, 1.807) is 52.7 Å². The van der Waals surface area contributed by atoms with Crippen LogP contribution in [0.25, 0.3) is 44.5 Å². The molecule has 0 atom stereocenters. The molecule has 0 unspecified atom stereocenters. The number of aromatic hydroxyl groups is 1. The van der Waals surface area contributed by atoms with Crippen molar-refractivity contribution in [3.8, 4) is 79.0 Å². The Balaban J connectivity index is 0.000000200. The number of hydrogen-bond donors (Lipinski definition) is 4. The predicted octanol–water partition coefficient (Wildman–Crippen LogP) is 14.3. The second kappa shape index (κ2) is 32.4. The molecular weight excluding hydrogens is 1070 g/mol. The normalized spacial score (nSPS) is 14.2. The number of carbonyl (C=O) groups is 2. The van der Waals surface area contributed by atoms with Crippen LogP contribution in [-0.2, 0) is 4.74 Å². The van der Waals surface area contributed by atoms with Gasteiger partial charge in [0.1, 0.15) is 40.6 Å². The summed E-state index contributed by atoms with van der Waals surface area (Å²) in [5.74, 6) is 3.66. The van der Waals surface area contributed by atoms with Crippen LogP contribution >= 0.6 is 0 Å². The molecule has 85 heavy (non-hydrogen) atoms. The Bertz CT molecular complexity index is 3320. The highest BCUT2D eigenvalue weighted by molar-refractivity contribution is 6.05. The minimum Gasteiger partial charge on any atom is -0.508 e. The number of hydrogen-bond acceptors (Lipinski definition) is 12. The summed E-state index contributed by atoms with van der Waals surface area (Å²) < 4.78 is 32.9. The first-order valence-electron chi connectivity index (χ1n) is 28.6. The molecule has 0 radical (unpaired) electrons. The molecule has 14 heteroatoms. The van der Waals surface area contributed by atoms with E-state index >= 15 is 0 Å². The molecule has 0 bridgehead atoms. The molecule has 0 spiro atoms. The van der Waals surface area contributed by atoms with Crippen LogP contribution in [0.5, 0.6) is 34.5 Å². The summed E-state index contributed by atoms with van der Waals surface area (Å²) in [6, 6.07) is 56.7. The molecule has 8 aromatic rings. The van der Waals surface area contributed by atoms with E-state index in [4.69, 9.17) is 33.5 Å². The number of anilines is 2. The van der Waals surface area contributed by atoms with E-state index in [2.05, 4.69) is 46.7 Å². The molecule has 3 saturated heterocycles. The van der Waals surface area contributed by atoms with E-state index < -0.39 is 0 Å². The lowest BCUT2D eigenvalue weighted by Gasteiger charge is -2.29. The number of rotatable bonds is 14. The maximum absolute atomic E-state index is 13.0. The van der Waals surface area contributed by atoms with Gasteiger partial charge >= 0.3 is 0 Å². The van der Waals surface area contributed by atoms with Crippen LogP contribution in [0.2, 0.25) is 0 Å². The molecule has 14 nitrogen and oxygen atoms in total. The van der Waals surface area contributed by atoms with Gasteiger partial charge in [0.15, 0.2) is 0 Å². The molecule has 3 fully saturated rings. The van der Waals surface area contributed by atoms with Crippen LogP contribution in [0, 0.1) is 0 Å². The molecule has 0 aliphatic carbocycles. The lowest BCUT2D eigenvalue weighted by molar-refractivity contribution is 0.0942. The van der Waals surface area contributed by atoms with Crippen LogP contribution in [0.15, 0.2) is 182 Å². The number of amides is 2. The van der Waals surface area contributed by atoms with Crippen LogP contribution in [0.3, 0.4) is 0 Å². The first-order chi connectivity index (χ1) is 40.9. The quantitative estimate of drug-likeness (QED) is 0.0817. The molecule has 3 aliphatic heterocycles. The van der Waals surface area contributed by atoms with Gasteiger partial charge in [-0.15, -0.1) is 0 Å². The van der Waals surface area contributed by atoms with Crippen molar-refractivity contribution >= 4 is 23.2 Å². The molecule has 446 valence electrons. The van der Waals surface area contributed by atoms with Gasteiger partial charge in [0, 0.05) is 73.0 Å². The zero-order valence-electron chi connectivity index (χ0n) is 49.0. The Kier molecular flexibility index (Phi) is 24.4. The first-order valence-corrected chi connectivity index (χ1v) is 28.6. The zero-order chi connectivity index (χ0) is 59.2. The Labute approximate surface area is 501 Å². The van der Waals surface area contributed by atoms with Crippen molar-refractivity contribution in [3.05, 3.63) is 193 Å². The highest BCUT2D eigenvalue weighted by Gasteiger charge is 2.19. The van der Waals surface area contributed by atoms with Gasteiger partial charge < -0.3 is 59.1 Å². The van der Waals surface area contributed by atoms with Crippen molar-refractivity contribution in [3.63, 3.8) is 0 Å². The third-order valence-corrected chi connectivity index (χ3v) is 14.8. The number of phenolic OH excluding ortho intramolecular Hbond substituents is 1. The number of benzene rings is 8. The van der Waals surface area contributed by atoms with E-state index in [0.717, 1.165) is 127 Å². The molecule has 0 saturated carbocycles. The van der Waals surface area contributed by atoms with Crippen LogP contribution < -0.4 is 34.3 Å². The number of carbonyl (C=O) groups excluding carboxylic acids is 2. The molecule has 3 aliphatic rings. The summed E-state index contributed by atoms with van der Waals surface area (Å²) in [5.41, 5.74) is 10.1. The zero-order valence-corrected chi connectivity index (χ0v) is 49.0. The highest BCUT2D eigenvalue weighted by atomic mass is 16.5. The van der Waals surface area contributed by atoms with E-state index in [-0.39, 0.29) is 37.2 Å². The molecular formula is C71H82N4O10. The summed E-state index contributed by atoms with van der Waals surface area (Å²) in [4.78, 5) is 30.4. The van der Waals surface area contributed by atoms with Crippen LogP contribution in [0.1, 0.15) is 66.7 Å². The van der Waals surface area contributed by atoms with Crippen molar-refractivity contribution in [1.82, 2.24) is 9.80 Å². The lowest BCUT2D eigenvalue weighted by atomic mass is 10.0. The average molecular weight is 1150 g/mol. The molecule has 3 heterocycles. The minimum absolute atomic E-state index is 0. The van der Waals surface area contributed by atoms with Crippen molar-refractivity contribution in [1.29, 1.82) is 0 Å². The third kappa shape index (κ3) is 18.9. The Hall–Kier alpha value is -8.66. The third-order valence-electron chi connectivity index (χ3n) is 14.8. The number of nitrogens with zero attached hydrogens (tertiary/aromatic N) is 2. The van der Waals surface area contributed by atoms with Crippen molar-refractivity contribution < 1.29 is 48.2 Å². The first kappa shape index (κ1) is 63.9. The van der Waals surface area contributed by atoms with Gasteiger partial charge in [0.25, 0.3) is 11.8 Å². The SMILES string of the molecule is C.C1CCOC1.CN1CCC(O)CC1.COc1cccc(-c2cc(NC(=O)c3ccc(-c4ccc(O)cc4)cc3)ccc2OC)c1.COc1cccc(-c2cc(NC(=O)c3ccc(-c4ccc(OC5CCN(C)CC5)cc4)cc3)ccc2OC)c1. The maximum Gasteiger partial charge on any atom is 0.255 e. The van der Waals surface area contributed by atoms with Gasteiger partial charge in [-0.2, -0.15) is 0 Å². The number of ether oxygens (including phenoxy) is 6. The van der Waals surface area contributed by atoms with Gasteiger partial charge in [-0.3, -0.25) is 9.59 Å². The van der Waals surface area contributed by atoms with Gasteiger partial charge in [0.2, 0.25) is 0 Å². The summed E-state index contributed by atoms with van der Waals surface area (Å²) in [6.45, 7) is 6.26. The number of aliphatic hydroxyl groups excluding tert-OH is 1. The Morgan fingerprint density at radius 3 is 1.25 bits per heavy atom. The topological polar surface area (TPSA) is 161 Å². The fourth-order valence-electron chi connectivity index (χ4n) is 9.82. The van der Waals surface area contributed by atoms with E-state index in [9.17, 15) is 14.7 Å². The Morgan fingerprint density at radius 2 is 0.871 bits per heavy atom. The number of phenols is 1. The number of piperidine rings is 2. The highest BCUT2D eigenvalue weighted by Crippen LogP contribution is 2.36. The van der Waals surface area contributed by atoms with Gasteiger partial charge in [-0.1, -0.05) is 80.2 Å². The summed E-state index contributed by atoms with van der Waals surface area (Å²) >= 11 is 0. The lowest BCUT2D eigenvalue weighted by Crippen LogP contribution is -2.35. The smallest absolute Gasteiger partial charge is 0.255 e. The number of likely N-dealkylation sites (tertiary alicyclic amines) is 2. The van der Waals surface area contributed by atoms with Crippen LogP contribution in [0.4, 0.5) is 11.4 Å². The van der Waals surface area contributed by atoms with Gasteiger partial charge in [0.05, 0.1) is 34.5 Å². The summed E-state index contributed by atoms with van der Waals surface area (Å²) in [7, 11) is 10.8. The molecule has 8 aromatic carbocycles. The minimum atomic E-state index is -0.205. The summed E-state index contributed by atoms with van der Waals surface area (Å²) in [6.07, 6.45) is 6.84. The maximum atomic E-state index is 13.0. The van der Waals surface area contributed by atoms with Crippen molar-refractivity contribution in [2.24, 2.45) is 0 Å². The molecule has 4 N–H and O–H groups in total. The van der Waals surface area contributed by atoms with Gasteiger partial charge in [-0.25, -0.2) is 0 Å². The van der Waals surface area contributed by atoms with Crippen molar-refractivity contribution in [2.75, 3.05) is 92.6 Å². The monoisotopic (exact) mass is 1150 g/mol. The largest absolute Gasteiger partial charge is 0.508 e. The number of aliphatic hydroxyl groups is 1. The number of methoxy groups -OCH3 is 4. The second-order valence-electron chi connectivity index (χ2n) is 20.9. The fourth-order valence-corrected chi connectivity index (χ4v) is 9.82. The van der Waals surface area contributed by atoms with E-state index in [1.807, 2.05) is 146 Å². The average Bonchev–Trinajstić information content (AvgIpc) is 4.28. The van der Waals surface area contributed by atoms with Crippen LogP contribution in [-0.4, -0.2) is 126 Å². The van der Waals surface area contributed by atoms with Crippen molar-refractivity contribution in [2.45, 2.75) is 58.2 Å². The number of nitrogens with one attached hydrogen (secondary N) is 2. The molecule has 2 amide bonds. The fraction of sp³-hybridized carbons (Fsp3) is 0.296. The second-order valence-corrected chi connectivity index (χ2v) is 20.9.